The topological polar surface area (TPSA) is 46.2 Å². The number of aryl methyl sites for hydroxylation is 3. The first-order chi connectivity index (χ1) is 19.7. The molecule has 0 unspecified atom stereocenters. The number of methoxy groups -OCH3 is 2. The Hall–Kier alpha value is -1.46. The van der Waals surface area contributed by atoms with Gasteiger partial charge in [-0.05, 0) is 66.0 Å². The van der Waals surface area contributed by atoms with Crippen LogP contribution in [0.1, 0.15) is 38.5 Å². The largest absolute Gasteiger partial charge is 1.00 e. The predicted molar refractivity (Wildman–Crippen MR) is 185 cm³/mol. The molecule has 4 aromatic rings. The molecule has 3 heterocycles. The van der Waals surface area contributed by atoms with Gasteiger partial charge in [-0.3, -0.25) is 0 Å². The summed E-state index contributed by atoms with van der Waals surface area (Å²) in [5.41, 5.74) is 7.10. The maximum Gasteiger partial charge on any atom is 1.00 e. The molecule has 0 radical (unpaired) electrons. The molecule has 8 heteroatoms. The third kappa shape index (κ3) is 10.5. The van der Waals surface area contributed by atoms with Gasteiger partial charge in [-0.15, -0.1) is 5.46 Å². The summed E-state index contributed by atoms with van der Waals surface area (Å²) >= 11 is 3.33. The second kappa shape index (κ2) is 18.6. The summed E-state index contributed by atoms with van der Waals surface area (Å²) in [6.45, 7) is 8.86. The van der Waals surface area contributed by atoms with Crippen LogP contribution in [0.15, 0.2) is 95.5 Å². The van der Waals surface area contributed by atoms with Crippen molar-refractivity contribution in [3.05, 3.63) is 112 Å². The summed E-state index contributed by atoms with van der Waals surface area (Å²) in [5, 5.41) is 0. The van der Waals surface area contributed by atoms with E-state index in [-0.39, 0.29) is 71.7 Å². The molecule has 3 saturated heterocycles. The fourth-order valence-corrected chi connectivity index (χ4v) is 5.12. The molecule has 0 aromatic heterocycles. The summed E-state index contributed by atoms with van der Waals surface area (Å²) in [7, 11) is 3.37. The van der Waals surface area contributed by atoms with Crippen LogP contribution in [0.25, 0.3) is 11.1 Å². The van der Waals surface area contributed by atoms with E-state index in [1.807, 2.05) is 36.4 Å². The van der Waals surface area contributed by atoms with Crippen molar-refractivity contribution in [2.24, 2.45) is 5.41 Å². The molecule has 3 aliphatic heterocycles. The van der Waals surface area contributed by atoms with E-state index in [9.17, 15) is 0 Å². The Bertz CT molecular complexity index is 1410. The second-order valence-corrected chi connectivity index (χ2v) is 11.9. The van der Waals surface area contributed by atoms with E-state index in [0.717, 1.165) is 46.8 Å². The van der Waals surface area contributed by atoms with Gasteiger partial charge in [0, 0.05) is 30.8 Å². The van der Waals surface area contributed by atoms with Gasteiger partial charge < -0.3 is 23.4 Å². The van der Waals surface area contributed by atoms with Crippen molar-refractivity contribution in [3.63, 3.8) is 0 Å². The SMILES string of the molecule is C.C.COc1cc(C)ccc1-c1ccc(C)cc1.COc1ccccc1Br.Cc1ccc([B-]23OCC(C)(CO2)CO3)cc1.[K+]. The van der Waals surface area contributed by atoms with Crippen LogP contribution in [0.4, 0.5) is 0 Å². The van der Waals surface area contributed by atoms with Gasteiger partial charge >= 0.3 is 58.1 Å². The number of rotatable bonds is 4. The fraction of sp³-hybridized carbons (Fsp3) is 0.333. The minimum atomic E-state index is -1.67. The molecule has 0 spiro atoms. The normalized spacial score (nSPS) is 19.2. The Morgan fingerprint density at radius 1 is 0.659 bits per heavy atom. The molecule has 232 valence electrons. The summed E-state index contributed by atoms with van der Waals surface area (Å²) in [6, 6.07) is 30.7. The van der Waals surface area contributed by atoms with Crippen molar-refractivity contribution in [1.29, 1.82) is 0 Å². The molecule has 5 nitrogen and oxygen atoms in total. The van der Waals surface area contributed by atoms with Crippen molar-refractivity contribution in [1.82, 2.24) is 0 Å². The van der Waals surface area contributed by atoms with E-state index in [1.165, 1.54) is 22.3 Å². The van der Waals surface area contributed by atoms with Crippen LogP contribution in [0.3, 0.4) is 0 Å². The van der Waals surface area contributed by atoms with Crippen LogP contribution < -0.4 is 66.3 Å². The van der Waals surface area contributed by atoms with E-state index in [1.54, 1.807) is 14.2 Å². The van der Waals surface area contributed by atoms with Gasteiger partial charge in [0.15, 0.2) is 0 Å². The molecular weight excluding hydrogens is 642 g/mol. The molecule has 44 heavy (non-hydrogen) atoms. The van der Waals surface area contributed by atoms with Crippen LogP contribution in [-0.4, -0.2) is 40.8 Å². The molecule has 3 fully saturated rings. The smallest absolute Gasteiger partial charge is 0.540 e. The standard InChI is InChI=1S/C15H16O.C12H16BO3.C7H7BrO.2CH4.K/c1-11-4-7-13(8-5-11)14-9-6-12(2)10-15(14)16-3;1-10-3-5-11(6-4-10)13-14-7-12(2,8-15-13)9-16-13;1-9-7-5-3-2-4-6(7)8;;;/h4-10H,1-3H3;3-6H,7-9H2,1-2H3;2-5H,1H3;2*1H4;/q;-1;;;;+1. The third-order valence-electron chi connectivity index (χ3n) is 7.22. The number of ether oxygens (including phenoxy) is 2. The summed E-state index contributed by atoms with van der Waals surface area (Å²) in [4.78, 5) is 0. The van der Waals surface area contributed by atoms with Gasteiger partial charge in [-0.25, -0.2) is 0 Å². The first-order valence-electron chi connectivity index (χ1n) is 13.8. The quantitative estimate of drug-likeness (QED) is 0.249. The molecule has 0 aliphatic carbocycles. The number of hydrogen-bond acceptors (Lipinski definition) is 5. The van der Waals surface area contributed by atoms with Crippen molar-refractivity contribution in [3.8, 4) is 22.6 Å². The van der Waals surface area contributed by atoms with Gasteiger partial charge in [0.1, 0.15) is 11.5 Å². The maximum absolute atomic E-state index is 5.81. The minimum Gasteiger partial charge on any atom is -0.540 e. The Kier molecular flexibility index (Phi) is 17.2. The van der Waals surface area contributed by atoms with Gasteiger partial charge in [0.05, 0.1) is 18.7 Å². The summed E-state index contributed by atoms with van der Waals surface area (Å²) in [5.74, 6) is 1.81. The Morgan fingerprint density at radius 3 is 1.61 bits per heavy atom. The van der Waals surface area contributed by atoms with Crippen molar-refractivity contribution in [2.75, 3.05) is 34.0 Å². The summed E-state index contributed by atoms with van der Waals surface area (Å²) in [6.07, 6.45) is 0. The van der Waals surface area contributed by atoms with Gasteiger partial charge in [0.2, 0.25) is 0 Å². The van der Waals surface area contributed by atoms with E-state index in [0.29, 0.717) is 0 Å². The average molecular weight is 690 g/mol. The van der Waals surface area contributed by atoms with Gasteiger partial charge in [-0.2, -0.15) is 0 Å². The molecule has 4 aromatic carbocycles. The van der Waals surface area contributed by atoms with E-state index in [4.69, 9.17) is 23.4 Å². The van der Waals surface area contributed by atoms with Crippen molar-refractivity contribution in [2.45, 2.75) is 42.5 Å². The fourth-order valence-electron chi connectivity index (χ4n) is 4.67. The molecule has 2 bridgehead atoms. The Morgan fingerprint density at radius 2 is 1.14 bits per heavy atom. The zero-order valence-corrected chi connectivity index (χ0v) is 30.5. The van der Waals surface area contributed by atoms with Crippen LogP contribution in [0.2, 0.25) is 0 Å². The van der Waals surface area contributed by atoms with Gasteiger partial charge in [0.25, 0.3) is 0 Å². The third-order valence-corrected chi connectivity index (χ3v) is 7.87. The van der Waals surface area contributed by atoms with Crippen LogP contribution in [0, 0.1) is 26.2 Å². The number of para-hydroxylation sites is 1. The molecule has 7 rings (SSSR count). The number of hydrogen-bond donors (Lipinski definition) is 0. The molecule has 0 atom stereocenters. The van der Waals surface area contributed by atoms with Crippen molar-refractivity contribution >= 4 is 28.1 Å². The van der Waals surface area contributed by atoms with E-state index < -0.39 is 6.75 Å². The zero-order valence-electron chi connectivity index (χ0n) is 25.8. The van der Waals surface area contributed by atoms with E-state index >= 15 is 0 Å². The molecule has 0 amide bonds. The minimum absolute atomic E-state index is 0. The maximum atomic E-state index is 5.81. The molecule has 0 saturated carbocycles. The van der Waals surface area contributed by atoms with E-state index in [2.05, 4.69) is 98.2 Å². The predicted octanol–water partition coefficient (Wildman–Crippen LogP) is 5.94. The zero-order chi connectivity index (χ0) is 29.5. The van der Waals surface area contributed by atoms with Crippen LogP contribution >= 0.6 is 15.9 Å². The number of fused-ring (bicyclic) bond motifs is 3. The number of benzene rings is 4. The molecule has 0 N–H and O–H groups in total. The Labute approximate surface area is 316 Å². The summed E-state index contributed by atoms with van der Waals surface area (Å²) < 4.78 is 28.8. The first kappa shape index (κ1) is 40.6. The Balaban J connectivity index is 0.000000332. The molecular formula is C36H47BBrKO5. The van der Waals surface area contributed by atoms with Crippen LogP contribution in [0.5, 0.6) is 11.5 Å². The number of halogens is 1. The second-order valence-electron chi connectivity index (χ2n) is 11.0. The van der Waals surface area contributed by atoms with Crippen LogP contribution in [-0.2, 0) is 14.0 Å². The van der Waals surface area contributed by atoms with Crippen molar-refractivity contribution < 1.29 is 74.8 Å². The molecule has 3 aliphatic rings. The van der Waals surface area contributed by atoms with Gasteiger partial charge in [-0.1, -0.05) is 106 Å². The first-order valence-corrected chi connectivity index (χ1v) is 14.6. The monoisotopic (exact) mass is 688 g/mol. The average Bonchev–Trinajstić information content (AvgIpc) is 2.99.